The summed E-state index contributed by atoms with van der Waals surface area (Å²) in [6.45, 7) is 0.989. The third-order valence-corrected chi connectivity index (χ3v) is 2.97. The first-order chi connectivity index (χ1) is 10.2. The van der Waals surface area contributed by atoms with Crippen LogP contribution in [0.15, 0.2) is 23.1 Å². The zero-order valence-electron chi connectivity index (χ0n) is 11.9. The fourth-order valence-electron chi connectivity index (χ4n) is 1.87. The van der Waals surface area contributed by atoms with Gasteiger partial charge in [-0.2, -0.15) is 0 Å². The number of aromatic amines is 1. The second kappa shape index (κ2) is 6.85. The van der Waals surface area contributed by atoms with Crippen molar-refractivity contribution in [2.75, 3.05) is 27.4 Å². The van der Waals surface area contributed by atoms with Gasteiger partial charge in [0.15, 0.2) is 0 Å². The van der Waals surface area contributed by atoms with E-state index in [0.717, 1.165) is 0 Å². The Hall–Kier alpha value is -2.41. The van der Waals surface area contributed by atoms with Crippen LogP contribution < -0.4 is 15.5 Å². The number of pyridine rings is 2. The molecule has 0 spiro atoms. The van der Waals surface area contributed by atoms with Crippen molar-refractivity contribution in [3.05, 3.63) is 34.1 Å². The Bertz CT molecular complexity index is 696. The summed E-state index contributed by atoms with van der Waals surface area (Å²) < 4.78 is 9.88. The molecule has 0 bridgehead atoms. The van der Waals surface area contributed by atoms with E-state index >= 15 is 0 Å². The summed E-state index contributed by atoms with van der Waals surface area (Å²) in [5.41, 5.74) is 0.336. The summed E-state index contributed by atoms with van der Waals surface area (Å²) in [6, 6.07) is 3.33. The van der Waals surface area contributed by atoms with Gasteiger partial charge in [-0.3, -0.25) is 9.59 Å². The van der Waals surface area contributed by atoms with Crippen molar-refractivity contribution in [2.24, 2.45) is 0 Å². The normalized spacial score (nSPS) is 10.6. The highest BCUT2D eigenvalue weighted by atomic mass is 16.5. The lowest BCUT2D eigenvalue weighted by Crippen LogP contribution is -2.30. The van der Waals surface area contributed by atoms with Gasteiger partial charge in [0.25, 0.3) is 5.91 Å². The smallest absolute Gasteiger partial charge is 0.256 e. The number of carbonyl (C=O) groups excluding carboxylic acids is 1. The second-order valence-electron chi connectivity index (χ2n) is 4.38. The summed E-state index contributed by atoms with van der Waals surface area (Å²) in [4.78, 5) is 31.3. The summed E-state index contributed by atoms with van der Waals surface area (Å²) in [5.74, 6) is -0.107. The molecule has 7 heteroatoms. The van der Waals surface area contributed by atoms with Gasteiger partial charge < -0.3 is 19.8 Å². The highest BCUT2D eigenvalue weighted by Crippen LogP contribution is 2.11. The van der Waals surface area contributed by atoms with E-state index in [2.05, 4.69) is 15.3 Å². The van der Waals surface area contributed by atoms with Crippen LogP contribution in [-0.4, -0.2) is 43.2 Å². The van der Waals surface area contributed by atoms with E-state index in [4.69, 9.17) is 9.47 Å². The van der Waals surface area contributed by atoms with Crippen LogP contribution >= 0.6 is 0 Å². The highest BCUT2D eigenvalue weighted by Gasteiger charge is 2.13. The van der Waals surface area contributed by atoms with Crippen molar-refractivity contribution in [3.63, 3.8) is 0 Å². The molecule has 21 heavy (non-hydrogen) atoms. The van der Waals surface area contributed by atoms with E-state index in [-0.39, 0.29) is 11.1 Å². The van der Waals surface area contributed by atoms with Gasteiger partial charge in [0.2, 0.25) is 11.3 Å². The Balaban J connectivity index is 2.26. The molecular formula is C14H17N3O4. The molecule has 0 aliphatic heterocycles. The van der Waals surface area contributed by atoms with E-state index in [0.29, 0.717) is 31.0 Å². The lowest BCUT2D eigenvalue weighted by Gasteiger charge is -2.06. The van der Waals surface area contributed by atoms with Gasteiger partial charge >= 0.3 is 0 Å². The molecule has 2 N–H and O–H groups in total. The minimum absolute atomic E-state index is 0.0284. The Morgan fingerprint density at radius 1 is 1.38 bits per heavy atom. The zero-order valence-corrected chi connectivity index (χ0v) is 11.9. The number of H-pyrrole nitrogens is 1. The average Bonchev–Trinajstić information content (AvgIpc) is 2.51. The van der Waals surface area contributed by atoms with E-state index in [1.807, 2.05) is 0 Å². The Labute approximate surface area is 121 Å². The topological polar surface area (TPSA) is 93.3 Å². The summed E-state index contributed by atoms with van der Waals surface area (Å²) >= 11 is 0. The largest absolute Gasteiger partial charge is 0.481 e. The first-order valence-electron chi connectivity index (χ1n) is 6.51. The number of ether oxygens (including phenoxy) is 2. The van der Waals surface area contributed by atoms with Gasteiger partial charge in [-0.05, 0) is 12.5 Å². The number of hydrogen-bond acceptors (Lipinski definition) is 5. The summed E-state index contributed by atoms with van der Waals surface area (Å²) in [6.07, 6.45) is 2.07. The molecule has 112 valence electrons. The van der Waals surface area contributed by atoms with Gasteiger partial charge in [0.05, 0.1) is 12.6 Å². The highest BCUT2D eigenvalue weighted by molar-refractivity contribution is 5.96. The molecule has 0 radical (unpaired) electrons. The molecule has 0 saturated heterocycles. The lowest BCUT2D eigenvalue weighted by molar-refractivity contribution is 0.0947. The number of aromatic nitrogens is 2. The quantitative estimate of drug-likeness (QED) is 0.764. The van der Waals surface area contributed by atoms with Crippen LogP contribution in [-0.2, 0) is 4.74 Å². The third-order valence-electron chi connectivity index (χ3n) is 2.97. The number of fused-ring (bicyclic) bond motifs is 1. The van der Waals surface area contributed by atoms with Crippen LogP contribution in [0.5, 0.6) is 5.88 Å². The Morgan fingerprint density at radius 3 is 2.90 bits per heavy atom. The van der Waals surface area contributed by atoms with Crippen LogP contribution in [0.2, 0.25) is 0 Å². The maximum Gasteiger partial charge on any atom is 0.256 e. The van der Waals surface area contributed by atoms with Gasteiger partial charge in [0.1, 0.15) is 11.1 Å². The van der Waals surface area contributed by atoms with Crippen molar-refractivity contribution in [2.45, 2.75) is 6.42 Å². The van der Waals surface area contributed by atoms with Crippen molar-refractivity contribution in [1.29, 1.82) is 0 Å². The number of hydrogen-bond donors (Lipinski definition) is 2. The Kier molecular flexibility index (Phi) is 4.89. The monoisotopic (exact) mass is 291 g/mol. The minimum Gasteiger partial charge on any atom is -0.481 e. The van der Waals surface area contributed by atoms with Crippen LogP contribution in [0.4, 0.5) is 0 Å². The number of nitrogens with one attached hydrogen (secondary N) is 2. The Morgan fingerprint density at radius 2 is 2.19 bits per heavy atom. The predicted molar refractivity (Wildman–Crippen MR) is 77.7 cm³/mol. The van der Waals surface area contributed by atoms with Crippen molar-refractivity contribution in [1.82, 2.24) is 15.3 Å². The predicted octanol–water partition coefficient (Wildman–Crippen LogP) is 0.698. The van der Waals surface area contributed by atoms with Crippen molar-refractivity contribution < 1.29 is 14.3 Å². The van der Waals surface area contributed by atoms with Crippen molar-refractivity contribution in [3.8, 4) is 5.88 Å². The second-order valence-corrected chi connectivity index (χ2v) is 4.38. The maximum atomic E-state index is 12.3. The van der Waals surface area contributed by atoms with Crippen LogP contribution in [0.3, 0.4) is 0 Å². The van der Waals surface area contributed by atoms with Gasteiger partial charge in [0, 0.05) is 32.5 Å². The molecule has 0 saturated carbocycles. The fourth-order valence-corrected chi connectivity index (χ4v) is 1.87. The SMILES string of the molecule is COCCCNC(=O)c1c[nH]c2ccc(OC)nc2c1=O. The molecule has 2 aromatic rings. The van der Waals surface area contributed by atoms with Gasteiger partial charge in [-0.25, -0.2) is 4.98 Å². The first kappa shape index (κ1) is 15.0. The molecule has 0 aliphatic rings. The molecule has 0 aromatic carbocycles. The molecular weight excluding hydrogens is 274 g/mol. The van der Waals surface area contributed by atoms with Crippen LogP contribution in [0, 0.1) is 0 Å². The molecule has 0 fully saturated rings. The summed E-state index contributed by atoms with van der Waals surface area (Å²) in [5, 5.41) is 2.67. The molecule has 0 aliphatic carbocycles. The minimum atomic E-state index is -0.432. The van der Waals surface area contributed by atoms with Gasteiger partial charge in [-0.15, -0.1) is 0 Å². The van der Waals surface area contributed by atoms with Crippen LogP contribution in [0.25, 0.3) is 11.0 Å². The fraction of sp³-hybridized carbons (Fsp3) is 0.357. The summed E-state index contributed by atoms with van der Waals surface area (Å²) in [7, 11) is 3.06. The zero-order chi connectivity index (χ0) is 15.2. The molecule has 0 atom stereocenters. The molecule has 2 rings (SSSR count). The maximum absolute atomic E-state index is 12.3. The van der Waals surface area contributed by atoms with Crippen molar-refractivity contribution >= 4 is 16.9 Å². The molecule has 7 nitrogen and oxygen atoms in total. The number of rotatable bonds is 6. The van der Waals surface area contributed by atoms with E-state index in [1.54, 1.807) is 19.2 Å². The standard InChI is InChI=1S/C14H17N3O4/c1-20-7-3-6-15-14(19)9-8-16-10-4-5-11(21-2)17-12(10)13(9)18/h4-5,8H,3,6-7H2,1-2H3,(H,15,19)(H,16,18). The van der Waals surface area contributed by atoms with E-state index < -0.39 is 11.3 Å². The molecule has 1 amide bonds. The van der Waals surface area contributed by atoms with E-state index in [9.17, 15) is 9.59 Å². The number of carbonyl (C=O) groups is 1. The average molecular weight is 291 g/mol. The molecule has 0 unspecified atom stereocenters. The van der Waals surface area contributed by atoms with Gasteiger partial charge in [-0.1, -0.05) is 0 Å². The third kappa shape index (κ3) is 3.38. The molecule has 2 aromatic heterocycles. The van der Waals surface area contributed by atoms with E-state index in [1.165, 1.54) is 13.3 Å². The number of amides is 1. The lowest BCUT2D eigenvalue weighted by atomic mass is 10.2. The number of nitrogens with zero attached hydrogens (tertiary/aromatic N) is 1. The van der Waals surface area contributed by atoms with Crippen LogP contribution in [0.1, 0.15) is 16.8 Å². The number of methoxy groups -OCH3 is 2. The molecule has 2 heterocycles. The first-order valence-corrected chi connectivity index (χ1v) is 6.51.